The number of anilines is 1. The van der Waals surface area contributed by atoms with E-state index in [-0.39, 0.29) is 11.4 Å². The van der Waals surface area contributed by atoms with E-state index in [1.807, 2.05) is 0 Å². The van der Waals surface area contributed by atoms with Crippen molar-refractivity contribution < 1.29 is 9.31 Å². The maximum Gasteiger partial charge on any atom is 0.295 e. The molecule has 0 radical (unpaired) electrons. The third-order valence-electron chi connectivity index (χ3n) is 2.23. The maximum atomic E-state index is 12.9. The molecule has 94 valence electrons. The Kier molecular flexibility index (Phi) is 3.78. The fourth-order valence-electron chi connectivity index (χ4n) is 1.43. The number of halogens is 2. The van der Waals surface area contributed by atoms with Gasteiger partial charge in [-0.2, -0.15) is 0 Å². The Morgan fingerprint density at radius 3 is 2.83 bits per heavy atom. The van der Waals surface area contributed by atoms with Crippen molar-refractivity contribution in [3.63, 3.8) is 0 Å². The van der Waals surface area contributed by atoms with Crippen molar-refractivity contribution in [3.8, 4) is 0 Å². The van der Waals surface area contributed by atoms with E-state index < -0.39 is 10.7 Å². The number of nitro groups is 1. The Balaban J connectivity index is 2.16. The first-order valence-corrected chi connectivity index (χ1v) is 6.23. The van der Waals surface area contributed by atoms with E-state index in [1.54, 1.807) is 11.4 Å². The average Bonchev–Trinajstić information content (AvgIpc) is 2.73. The number of nitrogens with zero attached hydrogens (tertiary/aromatic N) is 1. The number of nitrogens with one attached hydrogen (secondary N) is 1. The van der Waals surface area contributed by atoms with Gasteiger partial charge in [0.05, 0.1) is 16.0 Å². The zero-order chi connectivity index (χ0) is 13.1. The summed E-state index contributed by atoms with van der Waals surface area (Å²) in [7, 11) is 0. The van der Waals surface area contributed by atoms with Gasteiger partial charge in [0.25, 0.3) is 5.69 Å². The lowest BCUT2D eigenvalue weighted by atomic mass is 10.2. The van der Waals surface area contributed by atoms with Gasteiger partial charge in [-0.3, -0.25) is 10.1 Å². The fourth-order valence-corrected chi connectivity index (χ4v) is 2.45. The Bertz CT molecular complexity index is 588. The van der Waals surface area contributed by atoms with Crippen molar-refractivity contribution in [1.82, 2.24) is 0 Å². The predicted octanol–water partition coefficient (Wildman–Crippen LogP) is 4.06. The van der Waals surface area contributed by atoms with Crippen LogP contribution in [-0.2, 0) is 6.54 Å². The second-order valence-electron chi connectivity index (χ2n) is 3.50. The lowest BCUT2D eigenvalue weighted by Crippen LogP contribution is -2.01. The van der Waals surface area contributed by atoms with Crippen LogP contribution in [0, 0.1) is 15.9 Å². The summed E-state index contributed by atoms with van der Waals surface area (Å²) in [6, 6.07) is 5.19. The first-order valence-electron chi connectivity index (χ1n) is 4.97. The van der Waals surface area contributed by atoms with Crippen molar-refractivity contribution in [1.29, 1.82) is 0 Å². The van der Waals surface area contributed by atoms with E-state index in [4.69, 9.17) is 11.6 Å². The van der Waals surface area contributed by atoms with Crippen molar-refractivity contribution >= 4 is 34.3 Å². The second kappa shape index (κ2) is 5.32. The number of rotatable bonds is 4. The summed E-state index contributed by atoms with van der Waals surface area (Å²) in [5, 5.41) is 16.1. The molecular weight excluding hydrogens is 279 g/mol. The van der Waals surface area contributed by atoms with Crippen LogP contribution >= 0.6 is 22.9 Å². The van der Waals surface area contributed by atoms with E-state index in [2.05, 4.69) is 5.32 Å². The molecule has 2 aromatic rings. The molecule has 0 unspecified atom stereocenters. The fraction of sp³-hybridized carbons (Fsp3) is 0.0909. The second-order valence-corrected chi connectivity index (χ2v) is 4.94. The van der Waals surface area contributed by atoms with Gasteiger partial charge < -0.3 is 5.32 Å². The minimum Gasteiger partial charge on any atom is -0.375 e. The van der Waals surface area contributed by atoms with Gasteiger partial charge in [-0.1, -0.05) is 11.6 Å². The van der Waals surface area contributed by atoms with Gasteiger partial charge >= 0.3 is 0 Å². The Morgan fingerprint density at radius 2 is 2.22 bits per heavy atom. The summed E-state index contributed by atoms with van der Waals surface area (Å²) in [5.41, 5.74) is 0.00331. The molecule has 2 rings (SSSR count). The van der Waals surface area contributed by atoms with Gasteiger partial charge in [-0.25, -0.2) is 4.39 Å². The van der Waals surface area contributed by atoms with Crippen LogP contribution < -0.4 is 5.32 Å². The molecule has 0 aliphatic rings. The number of thiophene rings is 1. The van der Waals surface area contributed by atoms with Gasteiger partial charge in [0.1, 0.15) is 11.5 Å². The van der Waals surface area contributed by atoms with Crippen LogP contribution in [0.1, 0.15) is 4.88 Å². The Labute approximate surface area is 111 Å². The van der Waals surface area contributed by atoms with Crippen LogP contribution in [0.2, 0.25) is 5.02 Å². The van der Waals surface area contributed by atoms with Gasteiger partial charge in [0.2, 0.25) is 0 Å². The summed E-state index contributed by atoms with van der Waals surface area (Å²) in [6.45, 7) is 0.407. The highest BCUT2D eigenvalue weighted by Crippen LogP contribution is 2.26. The standard InChI is InChI=1S/C11H8ClFN2O2S/c12-7-3-9(18-6-7)5-14-10-2-1-8(13)4-11(10)15(16)17/h1-4,6,14H,5H2. The lowest BCUT2D eigenvalue weighted by molar-refractivity contribution is -0.384. The number of hydrogen-bond donors (Lipinski definition) is 1. The molecule has 0 fully saturated rings. The van der Waals surface area contributed by atoms with Crippen LogP contribution in [0.25, 0.3) is 0 Å². The van der Waals surface area contributed by atoms with Crippen molar-refractivity contribution in [2.45, 2.75) is 6.54 Å². The molecule has 1 aromatic heterocycles. The van der Waals surface area contributed by atoms with E-state index in [1.165, 1.54) is 23.5 Å². The zero-order valence-electron chi connectivity index (χ0n) is 9.02. The highest BCUT2D eigenvalue weighted by Gasteiger charge is 2.14. The molecular formula is C11H8ClFN2O2S. The predicted molar refractivity (Wildman–Crippen MR) is 69.7 cm³/mol. The van der Waals surface area contributed by atoms with Crippen molar-refractivity contribution in [2.24, 2.45) is 0 Å². The zero-order valence-corrected chi connectivity index (χ0v) is 10.6. The third kappa shape index (κ3) is 2.96. The van der Waals surface area contributed by atoms with Gasteiger partial charge in [-0.05, 0) is 18.2 Å². The first-order chi connectivity index (χ1) is 8.56. The SMILES string of the molecule is O=[N+]([O-])c1cc(F)ccc1NCc1cc(Cl)cs1. The third-order valence-corrected chi connectivity index (χ3v) is 3.52. The molecule has 0 spiro atoms. The summed E-state index contributed by atoms with van der Waals surface area (Å²) in [5.74, 6) is -0.633. The van der Waals surface area contributed by atoms with Crippen LogP contribution in [-0.4, -0.2) is 4.92 Å². The molecule has 0 bridgehead atoms. The Hall–Kier alpha value is -1.66. The number of hydrogen-bond acceptors (Lipinski definition) is 4. The molecule has 0 saturated heterocycles. The van der Waals surface area contributed by atoms with E-state index >= 15 is 0 Å². The minimum atomic E-state index is -0.633. The summed E-state index contributed by atoms with van der Waals surface area (Å²) in [4.78, 5) is 11.1. The minimum absolute atomic E-state index is 0.280. The molecule has 1 aromatic carbocycles. The first kappa shape index (κ1) is 12.8. The monoisotopic (exact) mass is 286 g/mol. The smallest absolute Gasteiger partial charge is 0.295 e. The highest BCUT2D eigenvalue weighted by molar-refractivity contribution is 7.10. The molecule has 0 saturated carbocycles. The lowest BCUT2D eigenvalue weighted by Gasteiger charge is -2.05. The molecule has 1 heterocycles. The van der Waals surface area contributed by atoms with Crippen LogP contribution in [0.15, 0.2) is 29.6 Å². The summed E-state index contributed by atoms with van der Waals surface area (Å²) in [6.07, 6.45) is 0. The van der Waals surface area contributed by atoms with E-state index in [0.29, 0.717) is 11.6 Å². The molecule has 7 heteroatoms. The molecule has 0 atom stereocenters. The number of benzene rings is 1. The van der Waals surface area contributed by atoms with Crippen molar-refractivity contribution in [3.05, 3.63) is 55.5 Å². The normalized spacial score (nSPS) is 10.3. The number of nitro benzene ring substituents is 1. The van der Waals surface area contributed by atoms with Gasteiger partial charge in [0, 0.05) is 16.8 Å². The van der Waals surface area contributed by atoms with Crippen LogP contribution in [0.4, 0.5) is 15.8 Å². The van der Waals surface area contributed by atoms with Gasteiger partial charge in [0.15, 0.2) is 0 Å². The van der Waals surface area contributed by atoms with Crippen molar-refractivity contribution in [2.75, 3.05) is 5.32 Å². The van der Waals surface area contributed by atoms with Gasteiger partial charge in [-0.15, -0.1) is 11.3 Å². The average molecular weight is 287 g/mol. The molecule has 1 N–H and O–H groups in total. The quantitative estimate of drug-likeness (QED) is 0.681. The van der Waals surface area contributed by atoms with E-state index in [0.717, 1.165) is 10.9 Å². The molecule has 0 aliphatic heterocycles. The molecule has 18 heavy (non-hydrogen) atoms. The molecule has 4 nitrogen and oxygen atoms in total. The summed E-state index contributed by atoms with van der Waals surface area (Å²) < 4.78 is 12.9. The molecule has 0 amide bonds. The summed E-state index contributed by atoms with van der Waals surface area (Å²) >= 11 is 7.22. The van der Waals surface area contributed by atoms with Crippen LogP contribution in [0.3, 0.4) is 0 Å². The van der Waals surface area contributed by atoms with Crippen LogP contribution in [0.5, 0.6) is 0 Å². The largest absolute Gasteiger partial charge is 0.375 e. The van der Waals surface area contributed by atoms with E-state index in [9.17, 15) is 14.5 Å². The topological polar surface area (TPSA) is 55.2 Å². The molecule has 0 aliphatic carbocycles. The maximum absolute atomic E-state index is 12.9. The highest BCUT2D eigenvalue weighted by atomic mass is 35.5. The Morgan fingerprint density at radius 1 is 1.44 bits per heavy atom.